The van der Waals surface area contributed by atoms with Crippen molar-refractivity contribution in [2.45, 2.75) is 116 Å². The number of rotatable bonds is 4. The lowest BCUT2D eigenvalue weighted by atomic mass is 10.0. The van der Waals surface area contributed by atoms with E-state index in [2.05, 4.69) is 25.8 Å². The van der Waals surface area contributed by atoms with Crippen LogP contribution in [0.15, 0.2) is 47.1 Å². The fourth-order valence-corrected chi connectivity index (χ4v) is 6.86. The van der Waals surface area contributed by atoms with E-state index >= 15 is 0 Å². The highest BCUT2D eigenvalue weighted by atomic mass is 16.5. The van der Waals surface area contributed by atoms with Gasteiger partial charge in [-0.15, -0.1) is 0 Å². The summed E-state index contributed by atoms with van der Waals surface area (Å²) in [7, 11) is 1.64. The van der Waals surface area contributed by atoms with Crippen LogP contribution >= 0.6 is 0 Å². The number of aryl methyl sites for hydroxylation is 2. The summed E-state index contributed by atoms with van der Waals surface area (Å²) < 4.78 is 11.4. The maximum Gasteiger partial charge on any atom is 0.255 e. The lowest BCUT2D eigenvalue weighted by molar-refractivity contribution is -0.147. The first-order chi connectivity index (χ1) is 25.1. The molecule has 2 N–H and O–H groups in total. The van der Waals surface area contributed by atoms with Crippen molar-refractivity contribution in [2.24, 2.45) is 5.92 Å². The van der Waals surface area contributed by atoms with Crippen molar-refractivity contribution < 1.29 is 28.4 Å². The Kier molecular flexibility index (Phi) is 13.8. The van der Waals surface area contributed by atoms with E-state index in [4.69, 9.17) is 9.26 Å². The average molecular weight is 716 g/mol. The number of pyridine rings is 1. The Labute approximate surface area is 306 Å². The van der Waals surface area contributed by atoms with Crippen LogP contribution in [0.2, 0.25) is 0 Å². The molecule has 3 aromatic rings. The van der Waals surface area contributed by atoms with E-state index in [9.17, 15) is 19.2 Å². The van der Waals surface area contributed by atoms with Crippen LogP contribution in [0.4, 0.5) is 0 Å². The predicted octanol–water partition coefficient (Wildman–Crippen LogP) is 4.57. The molecule has 280 valence electrons. The second kappa shape index (κ2) is 18.6. The second-order valence-corrected chi connectivity index (χ2v) is 14.4. The second-order valence-electron chi connectivity index (χ2n) is 14.4. The van der Waals surface area contributed by atoms with Gasteiger partial charge in [0.1, 0.15) is 23.9 Å². The van der Waals surface area contributed by atoms with Crippen LogP contribution in [-0.4, -0.2) is 86.8 Å². The molecule has 0 saturated carbocycles. The Morgan fingerprint density at radius 3 is 2.48 bits per heavy atom. The monoisotopic (exact) mass is 715 g/mol. The summed E-state index contributed by atoms with van der Waals surface area (Å²) in [5, 5.41) is 10.1. The molecule has 0 spiro atoms. The number of aromatic nitrogens is 3. The molecule has 0 aliphatic carbocycles. The third-order valence-electron chi connectivity index (χ3n) is 9.77. The number of carbonyl (C=O) groups is 4. The number of nitrogens with one attached hydrogen (secondary N) is 2. The normalized spacial score (nSPS) is 22.0. The van der Waals surface area contributed by atoms with Gasteiger partial charge < -0.3 is 29.7 Å². The molecule has 3 atom stereocenters. The molecule has 5 rings (SSSR count). The number of hydrogen-bond acceptors (Lipinski definition) is 9. The van der Waals surface area contributed by atoms with Gasteiger partial charge in [-0.3, -0.25) is 24.2 Å². The zero-order valence-corrected chi connectivity index (χ0v) is 30.9. The fraction of sp³-hybridized carbons (Fsp3) is 0.564. The van der Waals surface area contributed by atoms with Gasteiger partial charge in [-0.25, -0.2) is 0 Å². The predicted molar refractivity (Wildman–Crippen MR) is 194 cm³/mol. The number of benzene rings is 1. The molecule has 52 heavy (non-hydrogen) atoms. The molecule has 4 heterocycles. The Balaban J connectivity index is 1.40. The molecular formula is C39H53N7O6. The number of fused-ring (bicyclic) bond motifs is 4. The molecule has 13 nitrogen and oxygen atoms in total. The number of ether oxygens (including phenoxy) is 1. The first-order valence-corrected chi connectivity index (χ1v) is 18.7. The van der Waals surface area contributed by atoms with Gasteiger partial charge in [-0.1, -0.05) is 62.9 Å². The Morgan fingerprint density at radius 1 is 0.942 bits per heavy atom. The SMILES string of the molecule is Cc1ccc(C[C@H]2C(=O)NCCCCCCCCc3nc(no3)COc3ccccc3C(=O)N[C@H](CC(C)C)C(=O)N3CCC[C@@H]3C(=O)N2C)cn1. The molecule has 2 aliphatic rings. The van der Waals surface area contributed by atoms with Crippen LogP contribution in [0, 0.1) is 12.8 Å². The third kappa shape index (κ3) is 10.4. The molecule has 0 radical (unpaired) electrons. The van der Waals surface area contributed by atoms with Crippen LogP contribution in [0.5, 0.6) is 5.75 Å². The molecule has 1 saturated heterocycles. The number of hydrogen-bond donors (Lipinski definition) is 2. The standard InChI is InChI=1S/C39H53N7O6/c1-26(2)22-30-38(49)46-21-13-15-31(46)39(50)45(4)32(23-28-19-18-27(3)41-24-28)37(48)40-20-12-8-6-5-7-9-17-35-43-34(44-52-35)25-51-33-16-11-10-14-29(33)36(47)42-30/h10-11,14,16,18-19,24,26,30-32H,5-9,12-13,15,17,20-23,25H2,1-4H3,(H,40,48)(H,42,47)/t30-,31-,32+/m1/s1. The molecule has 13 heteroatoms. The van der Waals surface area contributed by atoms with E-state index in [-0.39, 0.29) is 42.2 Å². The van der Waals surface area contributed by atoms with Crippen LogP contribution in [0.3, 0.4) is 0 Å². The Bertz CT molecular complexity index is 1660. The van der Waals surface area contributed by atoms with Crippen LogP contribution in [-0.2, 0) is 33.8 Å². The number of likely N-dealkylation sites (N-methyl/N-ethyl adjacent to an activating group) is 1. The van der Waals surface area contributed by atoms with Crippen LogP contribution < -0.4 is 15.4 Å². The van der Waals surface area contributed by atoms with E-state index in [1.165, 1.54) is 4.90 Å². The van der Waals surface area contributed by atoms with Crippen molar-refractivity contribution in [1.29, 1.82) is 0 Å². The summed E-state index contributed by atoms with van der Waals surface area (Å²) in [6.07, 6.45) is 9.96. The van der Waals surface area contributed by atoms with Crippen LogP contribution in [0.25, 0.3) is 0 Å². The van der Waals surface area contributed by atoms with Crippen molar-refractivity contribution in [3.63, 3.8) is 0 Å². The highest BCUT2D eigenvalue weighted by molar-refractivity contribution is 6.00. The van der Waals surface area contributed by atoms with E-state index < -0.39 is 24.0 Å². The quantitative estimate of drug-likeness (QED) is 0.395. The first kappa shape index (κ1) is 38.4. The molecule has 4 amide bonds. The molecule has 2 aliphatic heterocycles. The van der Waals surface area contributed by atoms with Crippen molar-refractivity contribution in [2.75, 3.05) is 20.1 Å². The minimum absolute atomic E-state index is 0.0190. The topological polar surface area (TPSA) is 160 Å². The van der Waals surface area contributed by atoms with Gasteiger partial charge in [-0.2, -0.15) is 4.98 Å². The largest absolute Gasteiger partial charge is 0.485 e. The number of nitrogens with zero attached hydrogens (tertiary/aromatic N) is 5. The zero-order chi connectivity index (χ0) is 37.0. The molecule has 2 bridgehead atoms. The van der Waals surface area contributed by atoms with E-state index in [1.54, 1.807) is 42.4 Å². The Hall–Kier alpha value is -4.81. The van der Waals surface area contributed by atoms with Crippen molar-refractivity contribution in [3.05, 3.63) is 71.1 Å². The molecule has 1 aromatic carbocycles. The zero-order valence-electron chi connectivity index (χ0n) is 30.9. The molecular weight excluding hydrogens is 662 g/mol. The third-order valence-corrected chi connectivity index (χ3v) is 9.77. The Morgan fingerprint density at radius 2 is 1.71 bits per heavy atom. The highest BCUT2D eigenvalue weighted by Gasteiger charge is 2.41. The minimum atomic E-state index is -0.879. The summed E-state index contributed by atoms with van der Waals surface area (Å²) >= 11 is 0. The van der Waals surface area contributed by atoms with Gasteiger partial charge in [0.15, 0.2) is 6.61 Å². The van der Waals surface area contributed by atoms with Crippen molar-refractivity contribution >= 4 is 23.6 Å². The van der Waals surface area contributed by atoms with E-state index in [0.29, 0.717) is 56.2 Å². The van der Waals surface area contributed by atoms with Gasteiger partial charge in [0.25, 0.3) is 5.91 Å². The van der Waals surface area contributed by atoms with Crippen molar-refractivity contribution in [3.8, 4) is 5.75 Å². The smallest absolute Gasteiger partial charge is 0.255 e. The lowest BCUT2D eigenvalue weighted by Gasteiger charge is -2.34. The maximum absolute atomic E-state index is 14.3. The number of amides is 4. The summed E-state index contributed by atoms with van der Waals surface area (Å²) in [4.78, 5) is 68.0. The fourth-order valence-electron chi connectivity index (χ4n) is 6.86. The van der Waals surface area contributed by atoms with Gasteiger partial charge in [-0.05, 0) is 68.7 Å². The average Bonchev–Trinajstić information content (AvgIpc) is 3.81. The van der Waals surface area contributed by atoms with E-state index in [1.807, 2.05) is 32.9 Å². The lowest BCUT2D eigenvalue weighted by Crippen LogP contribution is -2.57. The molecule has 2 aromatic heterocycles. The van der Waals surface area contributed by atoms with Gasteiger partial charge in [0, 0.05) is 44.9 Å². The van der Waals surface area contributed by atoms with Gasteiger partial charge in [0.05, 0.1) is 5.56 Å². The van der Waals surface area contributed by atoms with Crippen LogP contribution in [0.1, 0.15) is 105 Å². The summed E-state index contributed by atoms with van der Waals surface area (Å²) in [5.41, 5.74) is 1.97. The number of para-hydroxylation sites is 1. The van der Waals surface area contributed by atoms with Crippen molar-refractivity contribution in [1.82, 2.24) is 35.6 Å². The molecule has 0 unspecified atom stereocenters. The number of carbonyl (C=O) groups excluding carboxylic acids is 4. The highest BCUT2D eigenvalue weighted by Crippen LogP contribution is 2.25. The van der Waals surface area contributed by atoms with Gasteiger partial charge >= 0.3 is 0 Å². The summed E-state index contributed by atoms with van der Waals surface area (Å²) in [6, 6.07) is 8.22. The summed E-state index contributed by atoms with van der Waals surface area (Å²) in [6.45, 7) is 6.76. The minimum Gasteiger partial charge on any atom is -0.485 e. The van der Waals surface area contributed by atoms with E-state index in [0.717, 1.165) is 49.8 Å². The maximum atomic E-state index is 14.3. The molecule has 1 fully saturated rings. The summed E-state index contributed by atoms with van der Waals surface area (Å²) in [5.74, 6) is -0.000182. The first-order valence-electron chi connectivity index (χ1n) is 18.7. The van der Waals surface area contributed by atoms with Gasteiger partial charge in [0.2, 0.25) is 29.4 Å².